The molecule has 8 heteroatoms. The first-order valence-corrected chi connectivity index (χ1v) is 8.61. The molecule has 1 aliphatic rings. The molecule has 1 saturated heterocycles. The van der Waals surface area contributed by atoms with Crippen LogP contribution < -0.4 is 0 Å². The number of sulfonamides is 1. The second-order valence-electron chi connectivity index (χ2n) is 5.05. The standard InChI is InChI=1S/C13H15Cl2NO4S/c1-8-11(14)5-10(6-12(8)15)21(19,20)16-4-2-3-9(7-16)13(17)18/h5-6,9H,2-4,7H2,1H3,(H,17,18). The van der Waals surface area contributed by atoms with E-state index in [4.69, 9.17) is 28.3 Å². The zero-order valence-electron chi connectivity index (χ0n) is 11.3. The van der Waals surface area contributed by atoms with Gasteiger partial charge in [0.1, 0.15) is 0 Å². The van der Waals surface area contributed by atoms with Crippen LogP contribution in [0, 0.1) is 12.8 Å². The Bertz CT molecular complexity index is 652. The first kappa shape index (κ1) is 16.5. The molecule has 1 aromatic rings. The summed E-state index contributed by atoms with van der Waals surface area (Å²) in [4.78, 5) is 11.0. The highest BCUT2D eigenvalue weighted by Crippen LogP contribution is 2.31. The van der Waals surface area contributed by atoms with Gasteiger partial charge in [0.05, 0.1) is 10.8 Å². The third-order valence-corrected chi connectivity index (χ3v) is 6.25. The number of rotatable bonds is 3. The van der Waals surface area contributed by atoms with Gasteiger partial charge >= 0.3 is 5.97 Å². The number of aliphatic carboxylic acids is 1. The lowest BCUT2D eigenvalue weighted by Crippen LogP contribution is -2.42. The molecular weight excluding hydrogens is 337 g/mol. The number of halogens is 2. The highest BCUT2D eigenvalue weighted by atomic mass is 35.5. The van der Waals surface area contributed by atoms with E-state index < -0.39 is 21.9 Å². The average Bonchev–Trinajstić information content (AvgIpc) is 2.44. The molecule has 1 aromatic carbocycles. The maximum atomic E-state index is 12.6. The van der Waals surface area contributed by atoms with E-state index in [0.29, 0.717) is 24.9 Å². The van der Waals surface area contributed by atoms with E-state index in [9.17, 15) is 13.2 Å². The van der Waals surface area contributed by atoms with Gasteiger partial charge in [-0.1, -0.05) is 23.2 Å². The minimum absolute atomic E-state index is 0.00543. The van der Waals surface area contributed by atoms with Crippen molar-refractivity contribution in [2.45, 2.75) is 24.7 Å². The average molecular weight is 352 g/mol. The summed E-state index contributed by atoms with van der Waals surface area (Å²) in [5, 5.41) is 9.60. The first-order valence-electron chi connectivity index (χ1n) is 6.42. The van der Waals surface area contributed by atoms with Gasteiger partial charge in [0.2, 0.25) is 10.0 Å². The van der Waals surface area contributed by atoms with Crippen molar-refractivity contribution in [2.24, 2.45) is 5.92 Å². The van der Waals surface area contributed by atoms with Crippen LogP contribution >= 0.6 is 23.2 Å². The van der Waals surface area contributed by atoms with Crippen LogP contribution in [0.3, 0.4) is 0 Å². The largest absolute Gasteiger partial charge is 0.481 e. The van der Waals surface area contributed by atoms with Crippen molar-refractivity contribution in [3.05, 3.63) is 27.7 Å². The molecule has 1 atom stereocenters. The van der Waals surface area contributed by atoms with Crippen LogP contribution in [0.4, 0.5) is 0 Å². The van der Waals surface area contributed by atoms with Crippen LogP contribution in [0.5, 0.6) is 0 Å². The molecule has 0 spiro atoms. The summed E-state index contributed by atoms with van der Waals surface area (Å²) in [6.07, 6.45) is 1.00. The second kappa shape index (κ2) is 6.12. The van der Waals surface area contributed by atoms with Crippen molar-refractivity contribution in [3.63, 3.8) is 0 Å². The molecule has 1 heterocycles. The Morgan fingerprint density at radius 2 is 1.90 bits per heavy atom. The van der Waals surface area contributed by atoms with E-state index in [1.807, 2.05) is 0 Å². The van der Waals surface area contributed by atoms with Gasteiger partial charge in [-0.25, -0.2) is 8.42 Å². The predicted octanol–water partition coefficient (Wildman–Crippen LogP) is 2.79. The molecule has 21 heavy (non-hydrogen) atoms. The summed E-state index contributed by atoms with van der Waals surface area (Å²) in [5.41, 5.74) is 0.610. The van der Waals surface area contributed by atoms with E-state index in [0.717, 1.165) is 0 Å². The summed E-state index contributed by atoms with van der Waals surface area (Å²) in [6.45, 7) is 1.97. The van der Waals surface area contributed by atoms with Crippen molar-refractivity contribution in [1.82, 2.24) is 4.31 Å². The summed E-state index contributed by atoms with van der Waals surface area (Å²) in [5.74, 6) is -1.65. The molecule has 0 saturated carbocycles. The Morgan fingerprint density at radius 3 is 2.43 bits per heavy atom. The van der Waals surface area contributed by atoms with Crippen LogP contribution in [0.15, 0.2) is 17.0 Å². The van der Waals surface area contributed by atoms with Gasteiger partial charge in [-0.05, 0) is 37.5 Å². The van der Waals surface area contributed by atoms with Crippen LogP contribution in [0.1, 0.15) is 18.4 Å². The Kier molecular flexibility index (Phi) is 4.82. The van der Waals surface area contributed by atoms with Crippen molar-refractivity contribution >= 4 is 39.2 Å². The zero-order chi connectivity index (χ0) is 15.8. The third kappa shape index (κ3) is 3.34. The molecule has 0 amide bonds. The molecule has 0 bridgehead atoms. The molecule has 1 fully saturated rings. The molecule has 1 unspecified atom stereocenters. The van der Waals surface area contributed by atoms with E-state index in [-0.39, 0.29) is 21.5 Å². The van der Waals surface area contributed by atoms with Gasteiger partial charge in [0.25, 0.3) is 0 Å². The summed E-state index contributed by atoms with van der Waals surface area (Å²) < 4.78 is 26.4. The van der Waals surface area contributed by atoms with E-state index in [1.54, 1.807) is 6.92 Å². The quantitative estimate of drug-likeness (QED) is 0.908. The van der Waals surface area contributed by atoms with E-state index >= 15 is 0 Å². The fourth-order valence-corrected chi connectivity index (χ4v) is 4.48. The monoisotopic (exact) mass is 351 g/mol. The molecule has 0 aliphatic carbocycles. The number of hydrogen-bond donors (Lipinski definition) is 1. The highest BCUT2D eigenvalue weighted by Gasteiger charge is 2.33. The molecule has 116 valence electrons. The zero-order valence-corrected chi connectivity index (χ0v) is 13.7. The highest BCUT2D eigenvalue weighted by molar-refractivity contribution is 7.89. The minimum Gasteiger partial charge on any atom is -0.481 e. The molecular formula is C13H15Cl2NO4S. The Morgan fingerprint density at radius 1 is 1.33 bits per heavy atom. The summed E-state index contributed by atoms with van der Waals surface area (Å²) >= 11 is 12.0. The van der Waals surface area contributed by atoms with Crippen LogP contribution in [-0.2, 0) is 14.8 Å². The number of carboxylic acids is 1. The lowest BCUT2D eigenvalue weighted by Gasteiger charge is -2.30. The minimum atomic E-state index is -3.79. The number of benzene rings is 1. The van der Waals surface area contributed by atoms with Crippen molar-refractivity contribution < 1.29 is 18.3 Å². The van der Waals surface area contributed by atoms with Gasteiger partial charge in [0, 0.05) is 23.1 Å². The van der Waals surface area contributed by atoms with Crippen LogP contribution in [0.2, 0.25) is 10.0 Å². The number of hydrogen-bond acceptors (Lipinski definition) is 3. The SMILES string of the molecule is Cc1c(Cl)cc(S(=O)(=O)N2CCCC(C(=O)O)C2)cc1Cl. The number of carboxylic acid groups (broad SMARTS) is 1. The van der Waals surface area contributed by atoms with Crippen molar-refractivity contribution in [2.75, 3.05) is 13.1 Å². The summed E-state index contributed by atoms with van der Waals surface area (Å²) in [7, 11) is -3.79. The van der Waals surface area contributed by atoms with Gasteiger partial charge in [-0.15, -0.1) is 0 Å². The van der Waals surface area contributed by atoms with Crippen molar-refractivity contribution in [1.29, 1.82) is 0 Å². The number of carbonyl (C=O) groups is 1. The van der Waals surface area contributed by atoms with Gasteiger partial charge in [0.15, 0.2) is 0 Å². The van der Waals surface area contributed by atoms with Crippen LogP contribution in [-0.4, -0.2) is 36.9 Å². The molecule has 0 aromatic heterocycles. The lowest BCUT2D eigenvalue weighted by atomic mass is 10.0. The third-order valence-electron chi connectivity index (χ3n) is 3.63. The normalized spacial score (nSPS) is 20.4. The van der Waals surface area contributed by atoms with Gasteiger partial charge in [-0.2, -0.15) is 4.31 Å². The molecule has 1 N–H and O–H groups in total. The number of piperidine rings is 1. The predicted molar refractivity (Wildman–Crippen MR) is 80.3 cm³/mol. The second-order valence-corrected chi connectivity index (χ2v) is 7.80. The smallest absolute Gasteiger partial charge is 0.307 e. The lowest BCUT2D eigenvalue weighted by molar-refractivity contribution is -0.142. The fourth-order valence-electron chi connectivity index (χ4n) is 2.28. The Hall–Kier alpha value is -0.820. The first-order chi connectivity index (χ1) is 9.73. The van der Waals surface area contributed by atoms with Crippen molar-refractivity contribution in [3.8, 4) is 0 Å². The Labute approximate surface area is 133 Å². The van der Waals surface area contributed by atoms with Crippen LogP contribution in [0.25, 0.3) is 0 Å². The fraction of sp³-hybridized carbons (Fsp3) is 0.462. The maximum absolute atomic E-state index is 12.6. The topological polar surface area (TPSA) is 74.7 Å². The molecule has 2 rings (SSSR count). The Balaban J connectivity index is 2.36. The summed E-state index contributed by atoms with van der Waals surface area (Å²) in [6, 6.07) is 2.70. The van der Waals surface area contributed by atoms with E-state index in [2.05, 4.69) is 0 Å². The van der Waals surface area contributed by atoms with Gasteiger partial charge < -0.3 is 5.11 Å². The molecule has 5 nitrogen and oxygen atoms in total. The number of nitrogens with zero attached hydrogens (tertiary/aromatic N) is 1. The van der Waals surface area contributed by atoms with Gasteiger partial charge in [-0.3, -0.25) is 4.79 Å². The molecule has 0 radical (unpaired) electrons. The molecule has 1 aliphatic heterocycles. The van der Waals surface area contributed by atoms with E-state index in [1.165, 1.54) is 16.4 Å². The maximum Gasteiger partial charge on any atom is 0.307 e.